The van der Waals surface area contributed by atoms with Crippen molar-refractivity contribution in [3.8, 4) is 11.6 Å². The first-order valence-corrected chi connectivity index (χ1v) is 4.27. The van der Waals surface area contributed by atoms with E-state index in [4.69, 9.17) is 10.5 Å². The highest BCUT2D eigenvalue weighted by Gasteiger charge is 2.00. The molecule has 0 saturated carbocycles. The van der Waals surface area contributed by atoms with Crippen molar-refractivity contribution < 1.29 is 4.74 Å². The first kappa shape index (κ1) is 8.62. The largest absolute Gasteiger partial charge is 0.439 e. The molecule has 0 aliphatic heterocycles. The Kier molecular flexibility index (Phi) is 2.10. The standard InChI is InChI=1S/C10H11N3O/c1-13-10(6-7-12-13)14-9-4-2-8(11)3-5-9/h2-7H,11H2,1H3. The van der Waals surface area contributed by atoms with Crippen LogP contribution in [0.2, 0.25) is 0 Å². The van der Waals surface area contributed by atoms with Gasteiger partial charge in [0, 0.05) is 18.8 Å². The second kappa shape index (κ2) is 3.41. The summed E-state index contributed by atoms with van der Waals surface area (Å²) in [5.41, 5.74) is 6.28. The topological polar surface area (TPSA) is 53.1 Å². The number of nitrogen functional groups attached to an aromatic ring is 1. The van der Waals surface area contributed by atoms with Gasteiger partial charge >= 0.3 is 0 Å². The molecular formula is C10H11N3O. The van der Waals surface area contributed by atoms with Crippen LogP contribution in [0.1, 0.15) is 0 Å². The molecule has 0 unspecified atom stereocenters. The van der Waals surface area contributed by atoms with Crippen molar-refractivity contribution in [2.45, 2.75) is 0 Å². The van der Waals surface area contributed by atoms with Gasteiger partial charge in [0.2, 0.25) is 5.88 Å². The highest BCUT2D eigenvalue weighted by molar-refractivity contribution is 5.42. The molecule has 0 bridgehead atoms. The maximum absolute atomic E-state index is 5.56. The van der Waals surface area contributed by atoms with Crippen LogP contribution in [-0.2, 0) is 7.05 Å². The third kappa shape index (κ3) is 1.69. The van der Waals surface area contributed by atoms with Gasteiger partial charge in [-0.1, -0.05) is 0 Å². The van der Waals surface area contributed by atoms with Crippen molar-refractivity contribution >= 4 is 5.69 Å². The summed E-state index contributed by atoms with van der Waals surface area (Å²) < 4.78 is 7.21. The van der Waals surface area contributed by atoms with E-state index in [0.717, 1.165) is 11.4 Å². The maximum atomic E-state index is 5.56. The average Bonchev–Trinajstić information content (AvgIpc) is 2.56. The number of aromatic nitrogens is 2. The molecule has 1 heterocycles. The molecule has 72 valence electrons. The van der Waals surface area contributed by atoms with Crippen molar-refractivity contribution in [2.24, 2.45) is 7.05 Å². The summed E-state index contributed by atoms with van der Waals surface area (Å²) >= 11 is 0. The SMILES string of the molecule is Cn1nccc1Oc1ccc(N)cc1. The van der Waals surface area contributed by atoms with Crippen molar-refractivity contribution in [3.63, 3.8) is 0 Å². The number of benzene rings is 1. The Morgan fingerprint density at radius 1 is 1.21 bits per heavy atom. The second-order valence-corrected chi connectivity index (χ2v) is 2.96. The molecule has 14 heavy (non-hydrogen) atoms. The molecule has 4 nitrogen and oxygen atoms in total. The van der Waals surface area contributed by atoms with Crippen LogP contribution in [0.4, 0.5) is 5.69 Å². The first-order chi connectivity index (χ1) is 6.75. The second-order valence-electron chi connectivity index (χ2n) is 2.96. The molecule has 0 atom stereocenters. The first-order valence-electron chi connectivity index (χ1n) is 4.27. The number of nitrogens with two attached hydrogens (primary N) is 1. The summed E-state index contributed by atoms with van der Waals surface area (Å²) in [4.78, 5) is 0. The number of hydrogen-bond acceptors (Lipinski definition) is 3. The lowest BCUT2D eigenvalue weighted by Crippen LogP contribution is -1.94. The Labute approximate surface area is 81.9 Å². The van der Waals surface area contributed by atoms with Gasteiger partial charge in [0.1, 0.15) is 5.75 Å². The maximum Gasteiger partial charge on any atom is 0.217 e. The van der Waals surface area contributed by atoms with E-state index in [1.807, 2.05) is 19.2 Å². The zero-order chi connectivity index (χ0) is 9.97. The number of ether oxygens (including phenoxy) is 1. The molecule has 0 saturated heterocycles. The number of anilines is 1. The molecule has 0 aliphatic carbocycles. The molecular weight excluding hydrogens is 178 g/mol. The van der Waals surface area contributed by atoms with E-state index in [2.05, 4.69) is 5.10 Å². The number of hydrogen-bond donors (Lipinski definition) is 1. The predicted octanol–water partition coefficient (Wildman–Crippen LogP) is 1.79. The van der Waals surface area contributed by atoms with Gasteiger partial charge in [-0.05, 0) is 24.3 Å². The fourth-order valence-corrected chi connectivity index (χ4v) is 1.12. The van der Waals surface area contributed by atoms with Gasteiger partial charge in [-0.2, -0.15) is 5.10 Å². The van der Waals surface area contributed by atoms with E-state index < -0.39 is 0 Å². The van der Waals surface area contributed by atoms with Gasteiger partial charge in [0.05, 0.1) is 6.20 Å². The summed E-state index contributed by atoms with van der Waals surface area (Å²) in [6.45, 7) is 0. The van der Waals surface area contributed by atoms with Crippen LogP contribution < -0.4 is 10.5 Å². The third-order valence-electron chi connectivity index (χ3n) is 1.88. The highest BCUT2D eigenvalue weighted by atomic mass is 16.5. The Bertz CT molecular complexity index is 419. The molecule has 0 radical (unpaired) electrons. The molecule has 0 amide bonds. The zero-order valence-electron chi connectivity index (χ0n) is 7.84. The fourth-order valence-electron chi connectivity index (χ4n) is 1.12. The molecule has 1 aromatic carbocycles. The summed E-state index contributed by atoms with van der Waals surface area (Å²) in [5.74, 6) is 1.46. The number of aryl methyl sites for hydroxylation is 1. The summed E-state index contributed by atoms with van der Waals surface area (Å²) in [5, 5.41) is 4.00. The smallest absolute Gasteiger partial charge is 0.217 e. The zero-order valence-corrected chi connectivity index (χ0v) is 7.84. The summed E-state index contributed by atoms with van der Waals surface area (Å²) in [6.07, 6.45) is 1.69. The monoisotopic (exact) mass is 189 g/mol. The Morgan fingerprint density at radius 2 is 1.93 bits per heavy atom. The van der Waals surface area contributed by atoms with Gasteiger partial charge < -0.3 is 10.5 Å². The molecule has 2 N–H and O–H groups in total. The lowest BCUT2D eigenvalue weighted by Gasteiger charge is -2.04. The molecule has 0 spiro atoms. The normalized spacial score (nSPS) is 10.1. The molecule has 0 aliphatic rings. The van der Waals surface area contributed by atoms with Crippen LogP contribution in [0.15, 0.2) is 36.5 Å². The van der Waals surface area contributed by atoms with Crippen molar-refractivity contribution in [2.75, 3.05) is 5.73 Å². The van der Waals surface area contributed by atoms with E-state index >= 15 is 0 Å². The van der Waals surface area contributed by atoms with E-state index in [-0.39, 0.29) is 0 Å². The molecule has 2 aromatic rings. The van der Waals surface area contributed by atoms with Crippen molar-refractivity contribution in [1.82, 2.24) is 9.78 Å². The van der Waals surface area contributed by atoms with Crippen molar-refractivity contribution in [1.29, 1.82) is 0 Å². The van der Waals surface area contributed by atoms with Crippen LogP contribution in [-0.4, -0.2) is 9.78 Å². The third-order valence-corrected chi connectivity index (χ3v) is 1.88. The van der Waals surface area contributed by atoms with E-state index in [0.29, 0.717) is 5.88 Å². The summed E-state index contributed by atoms with van der Waals surface area (Å²) in [7, 11) is 1.83. The minimum absolute atomic E-state index is 0.703. The minimum atomic E-state index is 0.703. The van der Waals surface area contributed by atoms with Gasteiger partial charge in [-0.15, -0.1) is 0 Å². The minimum Gasteiger partial charge on any atom is -0.439 e. The lowest BCUT2D eigenvalue weighted by molar-refractivity contribution is 0.431. The molecule has 1 aromatic heterocycles. The van der Waals surface area contributed by atoms with Gasteiger partial charge in [-0.25, -0.2) is 4.68 Å². The van der Waals surface area contributed by atoms with E-state index in [9.17, 15) is 0 Å². The van der Waals surface area contributed by atoms with Crippen molar-refractivity contribution in [3.05, 3.63) is 36.5 Å². The van der Waals surface area contributed by atoms with E-state index in [1.165, 1.54) is 0 Å². The quantitative estimate of drug-likeness (QED) is 0.733. The van der Waals surface area contributed by atoms with Gasteiger partial charge in [0.15, 0.2) is 0 Å². The number of nitrogens with zero attached hydrogens (tertiary/aromatic N) is 2. The van der Waals surface area contributed by atoms with Gasteiger partial charge in [-0.3, -0.25) is 0 Å². The van der Waals surface area contributed by atoms with Gasteiger partial charge in [0.25, 0.3) is 0 Å². The Balaban J connectivity index is 2.19. The predicted molar refractivity (Wildman–Crippen MR) is 54.1 cm³/mol. The molecule has 4 heteroatoms. The van der Waals surface area contributed by atoms with Crippen LogP contribution in [0.25, 0.3) is 0 Å². The highest BCUT2D eigenvalue weighted by Crippen LogP contribution is 2.20. The molecule has 2 rings (SSSR count). The van der Waals surface area contributed by atoms with Crippen LogP contribution >= 0.6 is 0 Å². The Hall–Kier alpha value is -1.97. The summed E-state index contributed by atoms with van der Waals surface area (Å²) in [6, 6.07) is 9.04. The van der Waals surface area contributed by atoms with Crippen LogP contribution in [0.3, 0.4) is 0 Å². The lowest BCUT2D eigenvalue weighted by atomic mass is 10.3. The Morgan fingerprint density at radius 3 is 2.50 bits per heavy atom. The van der Waals surface area contributed by atoms with Crippen LogP contribution in [0.5, 0.6) is 11.6 Å². The fraction of sp³-hybridized carbons (Fsp3) is 0.100. The van der Waals surface area contributed by atoms with Crippen LogP contribution in [0, 0.1) is 0 Å². The number of rotatable bonds is 2. The average molecular weight is 189 g/mol. The molecule has 0 fully saturated rings. The van der Waals surface area contributed by atoms with E-state index in [1.54, 1.807) is 29.1 Å².